The molecule has 3 rings (SSSR count). The molecule has 1 aliphatic heterocycles. The normalized spacial score (nSPS) is 18.0. The van der Waals surface area contributed by atoms with Crippen LogP contribution < -0.4 is 5.32 Å². The lowest BCUT2D eigenvalue weighted by Crippen LogP contribution is -2.06. The molecule has 1 fully saturated rings. The Kier molecular flexibility index (Phi) is 4.37. The fraction of sp³-hybridized carbons (Fsp3) is 0.538. The fourth-order valence-electron chi connectivity index (χ4n) is 2.18. The first-order valence-corrected chi connectivity index (χ1v) is 6.79. The van der Waals surface area contributed by atoms with Crippen molar-refractivity contribution in [1.82, 2.24) is 20.1 Å². The van der Waals surface area contributed by atoms with Crippen molar-refractivity contribution >= 4 is 5.82 Å². The molecule has 1 aliphatic rings. The Bertz CT molecular complexity index is 583. The van der Waals surface area contributed by atoms with Crippen LogP contribution >= 0.6 is 0 Å². The zero-order valence-corrected chi connectivity index (χ0v) is 11.8. The van der Waals surface area contributed by atoms with Crippen LogP contribution in [0.4, 0.5) is 5.82 Å². The number of hydrogen-bond donors (Lipinski definition) is 1. The van der Waals surface area contributed by atoms with Gasteiger partial charge >= 0.3 is 0 Å². The Morgan fingerprint density at radius 1 is 1.43 bits per heavy atom. The van der Waals surface area contributed by atoms with Gasteiger partial charge in [-0.25, -0.2) is 9.97 Å². The predicted octanol–water partition coefficient (Wildman–Crippen LogP) is 1.12. The predicted molar refractivity (Wildman–Crippen MR) is 72.5 cm³/mol. The van der Waals surface area contributed by atoms with Gasteiger partial charge < -0.3 is 19.3 Å². The molecular weight excluding hydrogens is 274 g/mol. The monoisotopic (exact) mass is 291 g/mol. The van der Waals surface area contributed by atoms with Gasteiger partial charge in [-0.15, -0.1) is 0 Å². The molecule has 0 amide bonds. The second-order valence-corrected chi connectivity index (χ2v) is 4.78. The summed E-state index contributed by atoms with van der Waals surface area (Å²) in [6, 6.07) is 1.94. The maximum Gasteiger partial charge on any atom is 0.246 e. The Hall–Kier alpha value is -2.06. The van der Waals surface area contributed by atoms with Gasteiger partial charge in [0.05, 0.1) is 18.8 Å². The first-order chi connectivity index (χ1) is 10.3. The van der Waals surface area contributed by atoms with E-state index in [0.29, 0.717) is 30.8 Å². The largest absolute Gasteiger partial charge is 0.381 e. The first kappa shape index (κ1) is 13.9. The van der Waals surface area contributed by atoms with Gasteiger partial charge in [0.15, 0.2) is 5.82 Å². The number of aromatic nitrogens is 4. The first-order valence-electron chi connectivity index (χ1n) is 6.79. The lowest BCUT2D eigenvalue weighted by atomic mass is 10.1. The van der Waals surface area contributed by atoms with Crippen molar-refractivity contribution in [2.24, 2.45) is 0 Å². The van der Waals surface area contributed by atoms with E-state index in [-0.39, 0.29) is 0 Å². The number of ether oxygens (including phenoxy) is 2. The lowest BCUT2D eigenvalue weighted by Gasteiger charge is -2.08. The summed E-state index contributed by atoms with van der Waals surface area (Å²) in [6.45, 7) is 2.26. The Balaban J connectivity index is 1.60. The molecule has 112 valence electrons. The van der Waals surface area contributed by atoms with Gasteiger partial charge in [0.2, 0.25) is 5.89 Å². The van der Waals surface area contributed by atoms with E-state index in [1.165, 1.54) is 0 Å². The van der Waals surface area contributed by atoms with Crippen molar-refractivity contribution in [3.63, 3.8) is 0 Å². The number of methoxy groups -OCH3 is 1. The highest BCUT2D eigenvalue weighted by Crippen LogP contribution is 2.24. The number of rotatable bonds is 6. The molecule has 8 nitrogen and oxygen atoms in total. The molecule has 0 radical (unpaired) electrons. The SMILES string of the molecule is COCc1noc(CNc2cc([C@H]3CCOC3)ncn2)n1. The van der Waals surface area contributed by atoms with Gasteiger partial charge in [-0.3, -0.25) is 0 Å². The molecule has 1 N–H and O–H groups in total. The Morgan fingerprint density at radius 3 is 3.19 bits per heavy atom. The van der Waals surface area contributed by atoms with Crippen LogP contribution in [-0.4, -0.2) is 40.4 Å². The maximum atomic E-state index is 5.38. The molecule has 21 heavy (non-hydrogen) atoms. The van der Waals surface area contributed by atoms with E-state index >= 15 is 0 Å². The molecule has 1 atom stereocenters. The van der Waals surface area contributed by atoms with Gasteiger partial charge in [0, 0.05) is 25.7 Å². The Morgan fingerprint density at radius 2 is 2.38 bits per heavy atom. The van der Waals surface area contributed by atoms with E-state index < -0.39 is 0 Å². The van der Waals surface area contributed by atoms with Crippen LogP contribution in [0.3, 0.4) is 0 Å². The summed E-state index contributed by atoms with van der Waals surface area (Å²) in [4.78, 5) is 12.7. The van der Waals surface area contributed by atoms with Crippen LogP contribution in [0.15, 0.2) is 16.9 Å². The van der Waals surface area contributed by atoms with Gasteiger partial charge in [0.1, 0.15) is 18.8 Å². The van der Waals surface area contributed by atoms with Gasteiger partial charge in [-0.05, 0) is 6.42 Å². The zero-order chi connectivity index (χ0) is 14.5. The van der Waals surface area contributed by atoms with Crippen molar-refractivity contribution in [2.45, 2.75) is 25.5 Å². The summed E-state index contributed by atoms with van der Waals surface area (Å²) in [5.74, 6) is 2.11. The van der Waals surface area contributed by atoms with Crippen LogP contribution in [0.1, 0.15) is 29.7 Å². The summed E-state index contributed by atoms with van der Waals surface area (Å²) in [5.41, 5.74) is 0.996. The molecule has 1 saturated heterocycles. The average Bonchev–Trinajstić information content (AvgIpc) is 3.18. The van der Waals surface area contributed by atoms with Crippen molar-refractivity contribution < 1.29 is 14.0 Å². The van der Waals surface area contributed by atoms with E-state index in [1.54, 1.807) is 13.4 Å². The van der Waals surface area contributed by atoms with Crippen molar-refractivity contribution in [2.75, 3.05) is 25.6 Å². The van der Waals surface area contributed by atoms with Gasteiger partial charge in [0.25, 0.3) is 0 Å². The van der Waals surface area contributed by atoms with E-state index in [4.69, 9.17) is 14.0 Å². The topological polar surface area (TPSA) is 95.2 Å². The summed E-state index contributed by atoms with van der Waals surface area (Å²) in [7, 11) is 1.59. The van der Waals surface area contributed by atoms with Gasteiger partial charge in [-0.1, -0.05) is 5.16 Å². The molecule has 0 saturated carbocycles. The highest BCUT2D eigenvalue weighted by Gasteiger charge is 2.19. The molecule has 0 unspecified atom stereocenters. The molecule has 3 heterocycles. The smallest absolute Gasteiger partial charge is 0.246 e. The second-order valence-electron chi connectivity index (χ2n) is 4.78. The molecule has 8 heteroatoms. The van der Waals surface area contributed by atoms with Crippen LogP contribution in [0.5, 0.6) is 0 Å². The standard InChI is InChI=1S/C13H17N5O3/c1-19-7-12-17-13(21-18-12)5-14-11-4-10(15-8-16-11)9-2-3-20-6-9/h4,8-9H,2-3,5-7H2,1H3,(H,14,15,16)/t9-/m0/s1. The number of nitrogens with zero attached hydrogens (tertiary/aromatic N) is 4. The quantitative estimate of drug-likeness (QED) is 0.846. The fourth-order valence-corrected chi connectivity index (χ4v) is 2.18. The molecule has 0 aromatic carbocycles. The van der Waals surface area contributed by atoms with Crippen LogP contribution in [-0.2, 0) is 22.6 Å². The average molecular weight is 291 g/mol. The number of anilines is 1. The summed E-state index contributed by atoms with van der Waals surface area (Å²) >= 11 is 0. The molecule has 0 spiro atoms. The summed E-state index contributed by atoms with van der Waals surface area (Å²) < 4.78 is 15.4. The van der Waals surface area contributed by atoms with Crippen LogP contribution in [0.25, 0.3) is 0 Å². The van der Waals surface area contributed by atoms with Crippen molar-refractivity contribution in [3.05, 3.63) is 29.8 Å². The molecule has 0 bridgehead atoms. The minimum atomic E-state index is 0.336. The van der Waals surface area contributed by atoms with E-state index in [0.717, 1.165) is 31.1 Å². The number of nitrogens with one attached hydrogen (secondary N) is 1. The third kappa shape index (κ3) is 3.53. The number of hydrogen-bond acceptors (Lipinski definition) is 8. The van der Waals surface area contributed by atoms with Crippen molar-refractivity contribution in [1.29, 1.82) is 0 Å². The minimum absolute atomic E-state index is 0.336. The lowest BCUT2D eigenvalue weighted by molar-refractivity contribution is 0.174. The highest BCUT2D eigenvalue weighted by atomic mass is 16.5. The molecule has 2 aromatic rings. The molecular formula is C13H17N5O3. The summed E-state index contributed by atoms with van der Waals surface area (Å²) in [6.07, 6.45) is 2.56. The van der Waals surface area contributed by atoms with E-state index in [1.807, 2.05) is 6.07 Å². The van der Waals surface area contributed by atoms with Crippen LogP contribution in [0.2, 0.25) is 0 Å². The van der Waals surface area contributed by atoms with Crippen molar-refractivity contribution in [3.8, 4) is 0 Å². The maximum absolute atomic E-state index is 5.38. The molecule has 2 aromatic heterocycles. The minimum Gasteiger partial charge on any atom is -0.381 e. The highest BCUT2D eigenvalue weighted by molar-refractivity contribution is 5.36. The van der Waals surface area contributed by atoms with Gasteiger partial charge in [-0.2, -0.15) is 4.98 Å². The third-order valence-electron chi connectivity index (χ3n) is 3.24. The Labute approximate surface area is 121 Å². The van der Waals surface area contributed by atoms with E-state index in [2.05, 4.69) is 25.4 Å². The third-order valence-corrected chi connectivity index (χ3v) is 3.24. The van der Waals surface area contributed by atoms with E-state index in [9.17, 15) is 0 Å². The van der Waals surface area contributed by atoms with Crippen LogP contribution in [0, 0.1) is 0 Å². The second kappa shape index (κ2) is 6.59. The molecule has 0 aliphatic carbocycles. The summed E-state index contributed by atoms with van der Waals surface area (Å²) in [5, 5.41) is 6.95. The zero-order valence-electron chi connectivity index (χ0n) is 11.8.